The van der Waals surface area contributed by atoms with Gasteiger partial charge in [0.1, 0.15) is 0 Å². The molecule has 3 aliphatic heterocycles. The highest BCUT2D eigenvalue weighted by molar-refractivity contribution is 7.00. The second-order valence-corrected chi connectivity index (χ2v) is 32.1. The first kappa shape index (κ1) is 56.4. The second-order valence-electron chi connectivity index (χ2n) is 32.1. The molecule has 0 bridgehead atoms. The third kappa shape index (κ3) is 8.70. The maximum absolute atomic E-state index is 2.87. The van der Waals surface area contributed by atoms with Gasteiger partial charge in [-0.2, -0.15) is 0 Å². The predicted molar refractivity (Wildman–Crippen MR) is 364 cm³/mol. The highest BCUT2D eigenvalue weighted by Crippen LogP contribution is 2.63. The fourth-order valence-electron chi connectivity index (χ4n) is 15.9. The summed E-state index contributed by atoms with van der Waals surface area (Å²) in [6.45, 7) is 43.7. The molecule has 2 atom stereocenters. The van der Waals surface area contributed by atoms with Crippen LogP contribution in [-0.2, 0) is 37.9 Å². The molecule has 0 N–H and O–H groups in total. The standard InChI is InChI=1S/C80H92BN3/c1-73(2,3)53-32-36-65(58(43-53)51-27-21-19-22-28-51)82-68-46-56(76(10,11)12)31-35-63(68)81-64-49-60-61(78(15,16)42-41-77(60,13)14)50-69(64)83(66-37-33-54(74(4,5)6)44-59(66)52-29-23-20-24-30-52)71-48-57(47-70(82)72(71)81)84-67-38-34-55(75(7,8)9)45-62(67)79(17)39-25-26-40-80(79,84)18/h19-24,27-38,43-50H,25-26,39-42H2,1-18H3. The molecule has 2 aliphatic carbocycles. The molecule has 2 unspecified atom stereocenters. The summed E-state index contributed by atoms with van der Waals surface area (Å²) < 4.78 is 0. The molecule has 5 aliphatic rings. The minimum absolute atomic E-state index is 0.00165. The molecule has 13 rings (SSSR count). The van der Waals surface area contributed by atoms with Crippen LogP contribution in [0.2, 0.25) is 0 Å². The van der Waals surface area contributed by atoms with Crippen LogP contribution in [0.4, 0.5) is 45.5 Å². The summed E-state index contributed by atoms with van der Waals surface area (Å²) in [6.07, 6.45) is 7.00. The van der Waals surface area contributed by atoms with E-state index < -0.39 is 0 Å². The lowest BCUT2D eigenvalue weighted by Gasteiger charge is -2.51. The minimum Gasteiger partial charge on any atom is -0.334 e. The van der Waals surface area contributed by atoms with Crippen molar-refractivity contribution in [2.75, 3.05) is 14.7 Å². The Kier molecular flexibility index (Phi) is 12.7. The van der Waals surface area contributed by atoms with Crippen LogP contribution in [0.5, 0.6) is 0 Å². The third-order valence-electron chi connectivity index (χ3n) is 21.5. The van der Waals surface area contributed by atoms with Crippen LogP contribution in [0.25, 0.3) is 22.3 Å². The molecule has 0 saturated heterocycles. The van der Waals surface area contributed by atoms with Gasteiger partial charge in [-0.15, -0.1) is 0 Å². The second kappa shape index (κ2) is 18.9. The summed E-state index contributed by atoms with van der Waals surface area (Å²) in [6, 6.07) is 63.3. The zero-order valence-corrected chi connectivity index (χ0v) is 54.2. The van der Waals surface area contributed by atoms with Gasteiger partial charge in [0, 0.05) is 50.7 Å². The first-order valence-corrected chi connectivity index (χ1v) is 31.9. The van der Waals surface area contributed by atoms with E-state index in [0.29, 0.717) is 0 Å². The zero-order chi connectivity index (χ0) is 59.6. The van der Waals surface area contributed by atoms with Crippen molar-refractivity contribution in [3.63, 3.8) is 0 Å². The van der Waals surface area contributed by atoms with Crippen molar-refractivity contribution in [3.8, 4) is 22.3 Å². The van der Waals surface area contributed by atoms with Gasteiger partial charge in [0.25, 0.3) is 6.71 Å². The van der Waals surface area contributed by atoms with E-state index in [1.54, 1.807) is 0 Å². The minimum atomic E-state index is -0.194. The monoisotopic (exact) mass is 1110 g/mol. The zero-order valence-electron chi connectivity index (χ0n) is 54.2. The van der Waals surface area contributed by atoms with E-state index in [1.807, 2.05) is 0 Å². The number of hydrogen-bond donors (Lipinski definition) is 0. The molecule has 4 heteroatoms. The fourth-order valence-corrected chi connectivity index (χ4v) is 15.9. The van der Waals surface area contributed by atoms with E-state index >= 15 is 0 Å². The first-order valence-electron chi connectivity index (χ1n) is 31.9. The first-order chi connectivity index (χ1) is 39.4. The average molecular weight is 1110 g/mol. The molecular formula is C80H92BN3. The fraction of sp³-hybridized carbons (Fsp3) is 0.400. The van der Waals surface area contributed by atoms with E-state index in [0.717, 1.165) is 25.7 Å². The van der Waals surface area contributed by atoms with Gasteiger partial charge in [0.15, 0.2) is 0 Å². The van der Waals surface area contributed by atoms with E-state index in [1.165, 1.54) is 136 Å². The Balaban J connectivity index is 1.23. The van der Waals surface area contributed by atoms with Crippen molar-refractivity contribution < 1.29 is 0 Å². The largest absolute Gasteiger partial charge is 0.334 e. The molecular weight excluding hydrogens is 1010 g/mol. The molecule has 0 amide bonds. The molecule has 8 aromatic carbocycles. The molecule has 84 heavy (non-hydrogen) atoms. The topological polar surface area (TPSA) is 9.72 Å². The van der Waals surface area contributed by atoms with Gasteiger partial charge >= 0.3 is 0 Å². The number of fused-ring (bicyclic) bond motifs is 8. The number of nitrogens with zero attached hydrogens (tertiary/aromatic N) is 3. The van der Waals surface area contributed by atoms with Crippen LogP contribution in [0.3, 0.4) is 0 Å². The predicted octanol–water partition coefficient (Wildman–Crippen LogP) is 20.4. The van der Waals surface area contributed by atoms with Gasteiger partial charge in [-0.25, -0.2) is 0 Å². The molecule has 1 saturated carbocycles. The van der Waals surface area contributed by atoms with Crippen LogP contribution in [-0.4, -0.2) is 12.3 Å². The molecule has 0 radical (unpaired) electrons. The van der Waals surface area contributed by atoms with Crippen LogP contribution in [0, 0.1) is 0 Å². The summed E-state index contributed by atoms with van der Waals surface area (Å²) in [5.74, 6) is 0. The molecule has 0 spiro atoms. The Labute approximate surface area is 506 Å². The Morgan fingerprint density at radius 1 is 0.357 bits per heavy atom. The van der Waals surface area contributed by atoms with Crippen LogP contribution < -0.4 is 31.1 Å². The van der Waals surface area contributed by atoms with Gasteiger partial charge in [-0.3, -0.25) is 0 Å². The summed E-state index contributed by atoms with van der Waals surface area (Å²) in [4.78, 5) is 8.39. The number of anilines is 8. The normalized spacial score (nSPS) is 20.4. The summed E-state index contributed by atoms with van der Waals surface area (Å²) in [7, 11) is 0. The Morgan fingerprint density at radius 2 is 0.786 bits per heavy atom. The van der Waals surface area contributed by atoms with Crippen molar-refractivity contribution in [3.05, 3.63) is 197 Å². The van der Waals surface area contributed by atoms with E-state index in [9.17, 15) is 0 Å². The number of hydrogen-bond acceptors (Lipinski definition) is 3. The molecule has 0 aromatic heterocycles. The molecule has 430 valence electrons. The van der Waals surface area contributed by atoms with E-state index in [4.69, 9.17) is 0 Å². The van der Waals surface area contributed by atoms with E-state index in [2.05, 4.69) is 297 Å². The van der Waals surface area contributed by atoms with Crippen molar-refractivity contribution in [1.82, 2.24) is 0 Å². The SMILES string of the molecule is CC(C)(C)c1ccc(N2c3cc(C(C)(C)C)ccc3B3c4cc5c(cc4N(c4ccc(C(C)(C)C)cc4-c4ccccc4)c4cc(N6c7ccc(C(C)(C)C)cc7C7(C)CCCCC67C)cc2c43)C(C)(C)CCC5(C)C)c(-c2ccccc2)c1. The average Bonchev–Trinajstić information content (AvgIpc) is 1.15. The lowest BCUT2D eigenvalue weighted by Crippen LogP contribution is -2.62. The maximum Gasteiger partial charge on any atom is 0.252 e. The quantitative estimate of drug-likeness (QED) is 0.159. The Morgan fingerprint density at radius 3 is 1.29 bits per heavy atom. The van der Waals surface area contributed by atoms with Crippen molar-refractivity contribution in [2.24, 2.45) is 0 Å². The highest BCUT2D eigenvalue weighted by atomic mass is 15.3. The van der Waals surface area contributed by atoms with Crippen LogP contribution in [0.1, 0.15) is 202 Å². The van der Waals surface area contributed by atoms with Gasteiger partial charge < -0.3 is 14.7 Å². The van der Waals surface area contributed by atoms with Gasteiger partial charge in [-0.1, -0.05) is 234 Å². The molecule has 1 fully saturated rings. The van der Waals surface area contributed by atoms with E-state index in [-0.39, 0.29) is 50.2 Å². The highest BCUT2D eigenvalue weighted by Gasteiger charge is 2.59. The van der Waals surface area contributed by atoms with Gasteiger partial charge in [-0.05, 0) is 186 Å². The lowest BCUT2D eigenvalue weighted by molar-refractivity contribution is 0.195. The van der Waals surface area contributed by atoms with Crippen molar-refractivity contribution in [2.45, 2.75) is 207 Å². The lowest BCUT2D eigenvalue weighted by atomic mass is 9.33. The Hall–Kier alpha value is -6.78. The number of rotatable bonds is 5. The molecule has 3 nitrogen and oxygen atoms in total. The molecule has 3 heterocycles. The summed E-state index contributed by atoms with van der Waals surface area (Å²) in [5, 5.41) is 0. The third-order valence-corrected chi connectivity index (χ3v) is 21.5. The van der Waals surface area contributed by atoms with Crippen LogP contribution in [0.15, 0.2) is 158 Å². The maximum atomic E-state index is 2.87. The van der Waals surface area contributed by atoms with Gasteiger partial charge in [0.05, 0.1) is 16.9 Å². The Bertz CT molecular complexity index is 3930. The molecule has 8 aromatic rings. The van der Waals surface area contributed by atoms with Crippen molar-refractivity contribution in [1.29, 1.82) is 0 Å². The smallest absolute Gasteiger partial charge is 0.252 e. The van der Waals surface area contributed by atoms with Gasteiger partial charge in [0.2, 0.25) is 0 Å². The van der Waals surface area contributed by atoms with Crippen LogP contribution >= 0.6 is 0 Å². The summed E-state index contributed by atoms with van der Waals surface area (Å²) >= 11 is 0. The van der Waals surface area contributed by atoms with Crippen molar-refractivity contribution >= 4 is 68.6 Å². The number of benzene rings is 8. The summed E-state index contributed by atoms with van der Waals surface area (Å²) in [5.41, 5.74) is 28.6.